The second kappa shape index (κ2) is 5.80. The summed E-state index contributed by atoms with van der Waals surface area (Å²) in [5.41, 5.74) is 1.21. The van der Waals surface area contributed by atoms with Crippen molar-refractivity contribution in [2.24, 2.45) is 0 Å². The summed E-state index contributed by atoms with van der Waals surface area (Å²) in [7, 11) is 0.394. The number of benzene rings is 3. The molecule has 3 aromatic rings. The normalized spacial score (nSPS) is 21.1. The fourth-order valence-corrected chi connectivity index (χ4v) is 4.50. The fourth-order valence-electron chi connectivity index (χ4n) is 2.93. The van der Waals surface area contributed by atoms with Crippen molar-refractivity contribution in [2.75, 3.05) is 13.7 Å². The number of methoxy groups -OCH3 is 1. The molecule has 1 heterocycles. The first-order valence-corrected chi connectivity index (χ1v) is 8.69. The molecule has 3 nitrogen and oxygen atoms in total. The van der Waals surface area contributed by atoms with Gasteiger partial charge in [-0.2, -0.15) is 0 Å². The molecule has 0 bridgehead atoms. The Morgan fingerprint density at radius 1 is 1.00 bits per heavy atom. The van der Waals surface area contributed by atoms with Crippen molar-refractivity contribution < 1.29 is 8.95 Å². The Hall–Kier alpha value is -2.17. The maximum atomic E-state index is 13.1. The Kier molecular flexibility index (Phi) is 3.63. The van der Waals surface area contributed by atoms with Crippen LogP contribution in [0.1, 0.15) is 11.6 Å². The van der Waals surface area contributed by atoms with Crippen LogP contribution in [0.25, 0.3) is 10.8 Å². The molecule has 0 aromatic heterocycles. The van der Waals surface area contributed by atoms with Gasteiger partial charge < -0.3 is 4.74 Å². The SMILES string of the molecule is COc1ccc2ccccc2c1[S@](=O)N1CC1c1ccccc1. The number of ether oxygens (including phenoxy) is 1. The molecule has 1 saturated heterocycles. The van der Waals surface area contributed by atoms with Crippen LogP contribution in [-0.4, -0.2) is 22.2 Å². The van der Waals surface area contributed by atoms with Gasteiger partial charge in [-0.15, -0.1) is 0 Å². The van der Waals surface area contributed by atoms with Gasteiger partial charge in [-0.1, -0.05) is 60.7 Å². The van der Waals surface area contributed by atoms with Crippen molar-refractivity contribution in [3.05, 3.63) is 72.3 Å². The van der Waals surface area contributed by atoms with Gasteiger partial charge in [-0.3, -0.25) is 0 Å². The van der Waals surface area contributed by atoms with Crippen molar-refractivity contribution >= 4 is 21.8 Å². The number of fused-ring (bicyclic) bond motifs is 1. The first kappa shape index (κ1) is 14.4. The van der Waals surface area contributed by atoms with E-state index >= 15 is 0 Å². The van der Waals surface area contributed by atoms with Crippen molar-refractivity contribution in [3.63, 3.8) is 0 Å². The molecule has 0 spiro atoms. The van der Waals surface area contributed by atoms with E-state index in [9.17, 15) is 4.21 Å². The van der Waals surface area contributed by atoms with Crippen molar-refractivity contribution in [2.45, 2.75) is 10.9 Å². The third-order valence-electron chi connectivity index (χ3n) is 4.20. The van der Waals surface area contributed by atoms with Gasteiger partial charge in [-0.05, 0) is 17.0 Å². The van der Waals surface area contributed by atoms with E-state index in [0.29, 0.717) is 5.75 Å². The summed E-state index contributed by atoms with van der Waals surface area (Å²) in [4.78, 5) is 0.768. The number of hydrogen-bond acceptors (Lipinski definition) is 2. The Morgan fingerprint density at radius 3 is 2.52 bits per heavy atom. The molecule has 3 atom stereocenters. The molecule has 1 aliphatic rings. The minimum absolute atomic E-state index is 0.223. The van der Waals surface area contributed by atoms with Crippen LogP contribution in [0, 0.1) is 0 Å². The number of nitrogens with zero attached hydrogens (tertiary/aromatic N) is 1. The van der Waals surface area contributed by atoms with Crippen LogP contribution in [0.5, 0.6) is 5.75 Å². The topological polar surface area (TPSA) is 29.3 Å². The lowest BCUT2D eigenvalue weighted by Gasteiger charge is -2.12. The molecule has 116 valence electrons. The van der Waals surface area contributed by atoms with E-state index in [-0.39, 0.29) is 6.04 Å². The van der Waals surface area contributed by atoms with Crippen LogP contribution < -0.4 is 4.74 Å². The Morgan fingerprint density at radius 2 is 1.74 bits per heavy atom. The van der Waals surface area contributed by atoms with Crippen LogP contribution in [0.2, 0.25) is 0 Å². The van der Waals surface area contributed by atoms with Crippen LogP contribution in [0.4, 0.5) is 0 Å². The lowest BCUT2D eigenvalue weighted by Crippen LogP contribution is -2.07. The molecule has 23 heavy (non-hydrogen) atoms. The molecule has 0 N–H and O–H groups in total. The first-order chi connectivity index (χ1) is 11.3. The van der Waals surface area contributed by atoms with Crippen molar-refractivity contribution in [3.8, 4) is 5.75 Å². The minimum atomic E-state index is -1.23. The number of rotatable bonds is 4. The molecule has 0 radical (unpaired) electrons. The highest BCUT2D eigenvalue weighted by atomic mass is 32.2. The molecular formula is C19H17NO2S. The zero-order valence-electron chi connectivity index (χ0n) is 12.8. The molecule has 1 aliphatic heterocycles. The lowest BCUT2D eigenvalue weighted by molar-refractivity contribution is 0.404. The van der Waals surface area contributed by atoms with Crippen LogP contribution in [0.3, 0.4) is 0 Å². The fraction of sp³-hybridized carbons (Fsp3) is 0.158. The van der Waals surface area contributed by atoms with E-state index in [2.05, 4.69) is 12.1 Å². The summed E-state index contributed by atoms with van der Waals surface area (Å²) in [6, 6.07) is 22.3. The Balaban J connectivity index is 1.73. The average Bonchev–Trinajstić information content (AvgIpc) is 3.41. The highest BCUT2D eigenvalue weighted by molar-refractivity contribution is 7.83. The zero-order valence-corrected chi connectivity index (χ0v) is 13.6. The smallest absolute Gasteiger partial charge is 0.137 e. The maximum Gasteiger partial charge on any atom is 0.137 e. The highest BCUT2D eigenvalue weighted by Crippen LogP contribution is 2.42. The van der Waals surface area contributed by atoms with Gasteiger partial charge in [0.25, 0.3) is 0 Å². The molecule has 4 heteroatoms. The standard InChI is InChI=1S/C19H17NO2S/c1-22-18-12-11-14-7-5-6-10-16(14)19(18)23(21)20-13-17(20)15-8-3-2-4-9-15/h2-12,17H,13H2,1H3/t17?,20?,23-/m0/s1. The average molecular weight is 323 g/mol. The van der Waals surface area contributed by atoms with Crippen molar-refractivity contribution in [1.82, 2.24) is 4.31 Å². The van der Waals surface area contributed by atoms with E-state index in [1.54, 1.807) is 7.11 Å². The van der Waals surface area contributed by atoms with Gasteiger partial charge in [-0.25, -0.2) is 8.51 Å². The molecule has 1 fully saturated rings. The predicted molar refractivity (Wildman–Crippen MR) is 92.8 cm³/mol. The second-order valence-corrected chi connectivity index (χ2v) is 6.97. The predicted octanol–water partition coefficient (Wildman–Crippen LogP) is 3.93. The lowest BCUT2D eigenvalue weighted by atomic mass is 10.1. The van der Waals surface area contributed by atoms with E-state index in [4.69, 9.17) is 4.74 Å². The van der Waals surface area contributed by atoms with Crippen LogP contribution >= 0.6 is 0 Å². The van der Waals surface area contributed by atoms with Gasteiger partial charge in [0.05, 0.1) is 13.2 Å². The Labute approximate surface area is 138 Å². The molecule has 2 unspecified atom stereocenters. The zero-order chi connectivity index (χ0) is 15.8. The van der Waals surface area contributed by atoms with Gasteiger partial charge >= 0.3 is 0 Å². The molecule has 3 aromatic carbocycles. The molecule has 0 saturated carbocycles. The Bertz CT molecular complexity index is 879. The largest absolute Gasteiger partial charge is 0.495 e. The second-order valence-electron chi connectivity index (χ2n) is 5.59. The van der Waals surface area contributed by atoms with E-state index < -0.39 is 11.0 Å². The van der Waals surface area contributed by atoms with Gasteiger partial charge in [0.1, 0.15) is 21.6 Å². The molecule has 0 amide bonds. The van der Waals surface area contributed by atoms with Crippen LogP contribution in [0.15, 0.2) is 71.6 Å². The van der Waals surface area contributed by atoms with Gasteiger partial charge in [0.15, 0.2) is 0 Å². The third-order valence-corrected chi connectivity index (χ3v) is 5.80. The number of hydrogen-bond donors (Lipinski definition) is 0. The summed E-state index contributed by atoms with van der Waals surface area (Å²) in [6.07, 6.45) is 0. The van der Waals surface area contributed by atoms with Gasteiger partial charge in [0, 0.05) is 11.9 Å². The molecule has 0 aliphatic carbocycles. The van der Waals surface area contributed by atoms with E-state index in [1.807, 2.05) is 58.9 Å². The van der Waals surface area contributed by atoms with Gasteiger partial charge in [0.2, 0.25) is 0 Å². The minimum Gasteiger partial charge on any atom is -0.495 e. The summed E-state index contributed by atoms with van der Waals surface area (Å²) in [5, 5.41) is 2.07. The summed E-state index contributed by atoms with van der Waals surface area (Å²) >= 11 is 0. The molecule has 4 rings (SSSR count). The van der Waals surface area contributed by atoms with Crippen molar-refractivity contribution in [1.29, 1.82) is 0 Å². The third kappa shape index (κ3) is 2.54. The summed E-state index contributed by atoms with van der Waals surface area (Å²) in [5.74, 6) is 0.681. The molecular weight excluding hydrogens is 306 g/mol. The summed E-state index contributed by atoms with van der Waals surface area (Å²) < 4.78 is 20.6. The highest BCUT2D eigenvalue weighted by Gasteiger charge is 2.41. The van der Waals surface area contributed by atoms with E-state index in [0.717, 1.165) is 22.2 Å². The monoisotopic (exact) mass is 323 g/mol. The first-order valence-electron chi connectivity index (χ1n) is 7.59. The quantitative estimate of drug-likeness (QED) is 0.681. The van der Waals surface area contributed by atoms with Crippen LogP contribution in [-0.2, 0) is 11.0 Å². The van der Waals surface area contributed by atoms with E-state index in [1.165, 1.54) is 5.56 Å². The maximum absolute atomic E-state index is 13.1. The summed E-state index contributed by atoms with van der Waals surface area (Å²) in [6.45, 7) is 0.809.